The smallest absolute Gasteiger partial charge is 0.415 e. The molecule has 0 aliphatic heterocycles. The molecule has 2 fully saturated rings. The Kier molecular flexibility index (Phi) is 9.26. The van der Waals surface area contributed by atoms with E-state index in [-0.39, 0.29) is 52.8 Å². The van der Waals surface area contributed by atoms with Gasteiger partial charge in [0.1, 0.15) is 28.5 Å². The zero-order chi connectivity index (χ0) is 31.6. The standard InChI is InChI=1S/C31H43N7O6/c1-31(2,3)44-30(41)36(4)26-17-25(34-24-8-7-15-37(29(24)40)20-10-13-21(42-5)14-11-20)35-27-23(18-32-38(26)27)28(39)33-19-9-12-22(16-19)43-6/h7-8,15,17-22H,9-14,16H2,1-6H3,(H,33,39)(H,34,35)/t19?,20-,21-,22-/m1/s1. The number of nitrogens with zero attached hydrogens (tertiary/aromatic N) is 5. The average molecular weight is 610 g/mol. The third kappa shape index (κ3) is 6.88. The van der Waals surface area contributed by atoms with Crippen molar-refractivity contribution in [1.29, 1.82) is 0 Å². The minimum absolute atomic E-state index is 0.0330. The van der Waals surface area contributed by atoms with Crippen LogP contribution >= 0.6 is 0 Å². The monoisotopic (exact) mass is 609 g/mol. The van der Waals surface area contributed by atoms with Crippen LogP contribution in [0.5, 0.6) is 0 Å². The average Bonchev–Trinajstić information content (AvgIpc) is 3.63. The Morgan fingerprint density at radius 3 is 2.41 bits per heavy atom. The van der Waals surface area contributed by atoms with Crippen molar-refractivity contribution in [2.45, 2.75) is 95.6 Å². The molecule has 3 heterocycles. The fourth-order valence-corrected chi connectivity index (χ4v) is 5.97. The molecule has 3 aromatic rings. The van der Waals surface area contributed by atoms with E-state index >= 15 is 0 Å². The quantitative estimate of drug-likeness (QED) is 0.379. The number of anilines is 3. The van der Waals surface area contributed by atoms with Crippen molar-refractivity contribution in [3.05, 3.63) is 46.5 Å². The van der Waals surface area contributed by atoms with Gasteiger partial charge in [0.15, 0.2) is 5.65 Å². The molecule has 0 aromatic carbocycles. The van der Waals surface area contributed by atoms with E-state index in [1.165, 1.54) is 15.6 Å². The van der Waals surface area contributed by atoms with Crippen LogP contribution in [0.2, 0.25) is 0 Å². The van der Waals surface area contributed by atoms with Crippen LogP contribution in [0.4, 0.5) is 22.1 Å². The second-order valence-corrected chi connectivity index (χ2v) is 12.6. The highest BCUT2D eigenvalue weighted by atomic mass is 16.6. The van der Waals surface area contributed by atoms with Gasteiger partial charge in [0, 0.05) is 45.6 Å². The number of ether oxygens (including phenoxy) is 3. The summed E-state index contributed by atoms with van der Waals surface area (Å²) in [5, 5.41) is 10.6. The zero-order valence-corrected chi connectivity index (χ0v) is 26.3. The molecule has 2 N–H and O–H groups in total. The van der Waals surface area contributed by atoms with E-state index in [2.05, 4.69) is 15.7 Å². The molecule has 44 heavy (non-hydrogen) atoms. The first-order valence-electron chi connectivity index (χ1n) is 15.2. The number of nitrogens with one attached hydrogen (secondary N) is 2. The second-order valence-electron chi connectivity index (χ2n) is 12.6. The molecule has 0 radical (unpaired) electrons. The van der Waals surface area contributed by atoms with Gasteiger partial charge in [-0.2, -0.15) is 9.61 Å². The Morgan fingerprint density at radius 2 is 1.75 bits per heavy atom. The van der Waals surface area contributed by atoms with Gasteiger partial charge in [-0.1, -0.05) is 0 Å². The number of hydrogen-bond acceptors (Lipinski definition) is 9. The van der Waals surface area contributed by atoms with E-state index in [1.807, 2.05) is 6.07 Å². The largest absolute Gasteiger partial charge is 0.443 e. The Balaban J connectivity index is 1.49. The minimum Gasteiger partial charge on any atom is -0.443 e. The first kappa shape index (κ1) is 31.5. The molecule has 0 spiro atoms. The predicted molar refractivity (Wildman–Crippen MR) is 166 cm³/mol. The van der Waals surface area contributed by atoms with Crippen LogP contribution in [0, 0.1) is 0 Å². The summed E-state index contributed by atoms with van der Waals surface area (Å²) in [6.07, 6.45) is 8.83. The fraction of sp³-hybridized carbons (Fsp3) is 0.581. The number of pyridine rings is 1. The van der Waals surface area contributed by atoms with Crippen molar-refractivity contribution in [1.82, 2.24) is 24.5 Å². The van der Waals surface area contributed by atoms with E-state index in [0.29, 0.717) is 11.5 Å². The summed E-state index contributed by atoms with van der Waals surface area (Å²) >= 11 is 0. The molecule has 238 valence electrons. The van der Waals surface area contributed by atoms with Crippen molar-refractivity contribution in [2.75, 3.05) is 31.5 Å². The highest BCUT2D eigenvalue weighted by molar-refractivity contribution is 6.00. The summed E-state index contributed by atoms with van der Waals surface area (Å²) < 4.78 is 19.7. The highest BCUT2D eigenvalue weighted by Gasteiger charge is 2.29. The van der Waals surface area contributed by atoms with Crippen molar-refractivity contribution in [3.8, 4) is 0 Å². The third-order valence-corrected chi connectivity index (χ3v) is 8.37. The zero-order valence-electron chi connectivity index (χ0n) is 26.3. The number of carbonyl (C=O) groups excluding carboxylic acids is 2. The summed E-state index contributed by atoms with van der Waals surface area (Å²) in [4.78, 5) is 46.1. The normalized spacial score (nSPS) is 22.1. The molecule has 5 rings (SSSR count). The van der Waals surface area contributed by atoms with Crippen LogP contribution in [0.3, 0.4) is 0 Å². The maximum Gasteiger partial charge on any atom is 0.415 e. The van der Waals surface area contributed by atoms with Gasteiger partial charge >= 0.3 is 6.09 Å². The summed E-state index contributed by atoms with van der Waals surface area (Å²) in [6.45, 7) is 5.34. The molecule has 2 atom stereocenters. The summed E-state index contributed by atoms with van der Waals surface area (Å²) in [6, 6.07) is 5.16. The molecule has 2 aliphatic rings. The first-order chi connectivity index (χ1) is 21.0. The van der Waals surface area contributed by atoms with E-state index < -0.39 is 11.7 Å². The van der Waals surface area contributed by atoms with Crippen molar-refractivity contribution in [3.63, 3.8) is 0 Å². The molecule has 13 nitrogen and oxygen atoms in total. The van der Waals surface area contributed by atoms with Crippen molar-refractivity contribution < 1.29 is 23.8 Å². The second kappa shape index (κ2) is 12.9. The topological polar surface area (TPSA) is 141 Å². The number of amides is 2. The molecule has 3 aromatic heterocycles. The SMILES string of the molecule is CO[C@@H]1CCC(NC(=O)c2cnn3c(N(C)C(=O)OC(C)(C)C)cc(Nc4cccn([C@H]5CC[C@H](OC)CC5)c4=O)nc23)C1. The van der Waals surface area contributed by atoms with Gasteiger partial charge in [-0.15, -0.1) is 0 Å². The Morgan fingerprint density at radius 1 is 1.05 bits per heavy atom. The number of methoxy groups -OCH3 is 2. The number of fused-ring (bicyclic) bond motifs is 1. The third-order valence-electron chi connectivity index (χ3n) is 8.37. The molecular formula is C31H43N7O6. The maximum absolute atomic E-state index is 13.6. The van der Waals surface area contributed by atoms with E-state index in [9.17, 15) is 14.4 Å². The van der Waals surface area contributed by atoms with Gasteiger partial charge in [0.2, 0.25) is 0 Å². The van der Waals surface area contributed by atoms with Gasteiger partial charge in [-0.05, 0) is 77.8 Å². The van der Waals surface area contributed by atoms with Gasteiger partial charge in [-0.25, -0.2) is 9.78 Å². The lowest BCUT2D eigenvalue weighted by Gasteiger charge is -2.29. The van der Waals surface area contributed by atoms with Gasteiger partial charge in [0.25, 0.3) is 11.5 Å². The van der Waals surface area contributed by atoms with Crippen LogP contribution in [-0.4, -0.2) is 76.3 Å². The molecular weight excluding hydrogens is 566 g/mol. The Hall–Kier alpha value is -3.97. The van der Waals surface area contributed by atoms with Gasteiger partial charge in [-0.3, -0.25) is 14.5 Å². The van der Waals surface area contributed by atoms with E-state index in [0.717, 1.165) is 44.9 Å². The van der Waals surface area contributed by atoms with Crippen molar-refractivity contribution >= 4 is 35.0 Å². The minimum atomic E-state index is -0.730. The molecule has 13 heteroatoms. The Labute approximate surface area is 256 Å². The van der Waals surface area contributed by atoms with Crippen molar-refractivity contribution in [2.24, 2.45) is 0 Å². The molecule has 1 unspecified atom stereocenters. The highest BCUT2D eigenvalue weighted by Crippen LogP contribution is 2.30. The van der Waals surface area contributed by atoms with Crippen LogP contribution in [-0.2, 0) is 14.2 Å². The van der Waals surface area contributed by atoms with E-state index in [4.69, 9.17) is 19.2 Å². The first-order valence-corrected chi connectivity index (χ1v) is 15.2. The number of rotatable bonds is 8. The lowest BCUT2D eigenvalue weighted by Crippen LogP contribution is -2.35. The molecule has 2 aliphatic carbocycles. The predicted octanol–water partition coefficient (Wildman–Crippen LogP) is 4.43. The van der Waals surface area contributed by atoms with Gasteiger partial charge < -0.3 is 29.4 Å². The maximum atomic E-state index is 13.6. The van der Waals surface area contributed by atoms with E-state index in [1.54, 1.807) is 64.9 Å². The lowest BCUT2D eigenvalue weighted by molar-refractivity contribution is 0.0579. The summed E-state index contributed by atoms with van der Waals surface area (Å²) in [7, 11) is 4.96. The van der Waals surface area contributed by atoms with Crippen LogP contribution in [0.15, 0.2) is 35.4 Å². The lowest BCUT2D eigenvalue weighted by atomic mass is 9.92. The molecule has 2 saturated carbocycles. The van der Waals surface area contributed by atoms with Crippen LogP contribution in [0.25, 0.3) is 5.65 Å². The van der Waals surface area contributed by atoms with Crippen LogP contribution < -0.4 is 21.1 Å². The van der Waals surface area contributed by atoms with Gasteiger partial charge in [0.05, 0.1) is 18.4 Å². The Bertz CT molecular complexity index is 1550. The summed E-state index contributed by atoms with van der Waals surface area (Å²) in [5.74, 6) is 0.252. The van der Waals surface area contributed by atoms with Crippen LogP contribution in [0.1, 0.15) is 82.1 Å². The molecule has 2 amide bonds. The molecule has 0 bridgehead atoms. The summed E-state index contributed by atoms with van der Waals surface area (Å²) in [5.41, 5.74) is -0.113. The fourth-order valence-electron chi connectivity index (χ4n) is 5.97. The number of hydrogen-bond donors (Lipinski definition) is 2. The molecule has 0 saturated heterocycles. The number of aromatic nitrogens is 4. The number of carbonyl (C=O) groups is 2.